The smallest absolute Gasteiger partial charge is 0.244 e. The molecule has 0 saturated carbocycles. The number of halogens is 1. The zero-order valence-corrected chi connectivity index (χ0v) is 20.3. The molecule has 0 fully saturated rings. The number of carbonyl (C=O) groups is 2. The van der Waals surface area contributed by atoms with Gasteiger partial charge < -0.3 is 10.2 Å². The molecule has 9 heteroatoms. The third-order valence-corrected chi connectivity index (χ3v) is 6.58. The number of benzene rings is 2. The van der Waals surface area contributed by atoms with Crippen molar-refractivity contribution >= 4 is 27.5 Å². The molecular weight excluding hydrogens is 445 g/mol. The Morgan fingerprint density at radius 1 is 1.03 bits per heavy atom. The van der Waals surface area contributed by atoms with Crippen molar-refractivity contribution in [3.63, 3.8) is 0 Å². The number of hydrogen-bond donors (Lipinski definition) is 1. The molecule has 180 valence electrons. The highest BCUT2D eigenvalue weighted by Crippen LogP contribution is 2.22. The van der Waals surface area contributed by atoms with Gasteiger partial charge in [-0.15, -0.1) is 0 Å². The molecule has 2 rings (SSSR count). The van der Waals surface area contributed by atoms with Crippen molar-refractivity contribution in [2.75, 3.05) is 23.7 Å². The molecule has 0 aliphatic rings. The number of nitrogens with one attached hydrogen (secondary N) is 1. The van der Waals surface area contributed by atoms with Crippen LogP contribution in [0.25, 0.3) is 0 Å². The lowest BCUT2D eigenvalue weighted by Gasteiger charge is -2.32. The lowest BCUT2D eigenvalue weighted by molar-refractivity contribution is -0.139. The number of carbonyl (C=O) groups excluding carboxylic acids is 2. The molecule has 33 heavy (non-hydrogen) atoms. The molecule has 0 aliphatic carbocycles. The van der Waals surface area contributed by atoms with Crippen molar-refractivity contribution in [1.82, 2.24) is 10.2 Å². The Bertz CT molecular complexity index is 1050. The summed E-state index contributed by atoms with van der Waals surface area (Å²) in [4.78, 5) is 27.5. The van der Waals surface area contributed by atoms with Crippen LogP contribution in [0.3, 0.4) is 0 Å². The topological polar surface area (TPSA) is 86.8 Å². The molecule has 0 spiro atoms. The summed E-state index contributed by atoms with van der Waals surface area (Å²) in [5, 5.41) is 2.86. The Hall–Kier alpha value is -2.94. The predicted octanol–water partition coefficient (Wildman–Crippen LogP) is 2.97. The summed E-state index contributed by atoms with van der Waals surface area (Å²) >= 11 is 0. The van der Waals surface area contributed by atoms with Gasteiger partial charge in [-0.3, -0.25) is 13.9 Å². The normalized spacial score (nSPS) is 13.1. The summed E-state index contributed by atoms with van der Waals surface area (Å²) in [5.74, 6) is -1.68. The van der Waals surface area contributed by atoms with Crippen LogP contribution in [0.4, 0.5) is 10.1 Å². The van der Waals surface area contributed by atoms with Crippen LogP contribution < -0.4 is 9.62 Å². The first-order valence-corrected chi connectivity index (χ1v) is 12.8. The second-order valence-electron chi connectivity index (χ2n) is 8.04. The zero-order valence-electron chi connectivity index (χ0n) is 19.5. The van der Waals surface area contributed by atoms with E-state index in [-0.39, 0.29) is 24.2 Å². The molecule has 0 saturated heterocycles. The van der Waals surface area contributed by atoms with Gasteiger partial charge in [-0.1, -0.05) is 49.4 Å². The van der Waals surface area contributed by atoms with Gasteiger partial charge in [0.05, 0.1) is 11.9 Å². The van der Waals surface area contributed by atoms with Gasteiger partial charge in [0.2, 0.25) is 21.8 Å². The van der Waals surface area contributed by atoms with Gasteiger partial charge in [0.25, 0.3) is 0 Å². The minimum absolute atomic E-state index is 0.0723. The molecule has 2 unspecified atom stereocenters. The highest BCUT2D eigenvalue weighted by molar-refractivity contribution is 7.92. The Balaban J connectivity index is 2.31. The van der Waals surface area contributed by atoms with Gasteiger partial charge in [0.1, 0.15) is 18.4 Å². The van der Waals surface area contributed by atoms with E-state index in [4.69, 9.17) is 0 Å². The fourth-order valence-electron chi connectivity index (χ4n) is 3.28. The maximum absolute atomic E-state index is 14.4. The average Bonchev–Trinajstić information content (AvgIpc) is 2.77. The van der Waals surface area contributed by atoms with Gasteiger partial charge in [-0.25, -0.2) is 12.8 Å². The largest absolute Gasteiger partial charge is 0.352 e. The molecule has 2 aromatic carbocycles. The van der Waals surface area contributed by atoms with E-state index in [1.165, 1.54) is 23.1 Å². The second-order valence-corrected chi connectivity index (χ2v) is 9.94. The summed E-state index contributed by atoms with van der Waals surface area (Å²) in [6.45, 7) is 4.99. The monoisotopic (exact) mass is 477 g/mol. The van der Waals surface area contributed by atoms with Crippen molar-refractivity contribution in [2.24, 2.45) is 0 Å². The molecule has 2 aromatic rings. The van der Waals surface area contributed by atoms with E-state index in [9.17, 15) is 22.4 Å². The van der Waals surface area contributed by atoms with Crippen LogP contribution in [-0.4, -0.2) is 56.6 Å². The fourth-order valence-corrected chi connectivity index (χ4v) is 4.13. The SMILES string of the molecule is CCC(C)NC(=O)C(C)N(CCc1ccccc1)C(=O)CN(c1ccccc1F)S(C)(=O)=O. The van der Waals surface area contributed by atoms with E-state index in [0.29, 0.717) is 6.42 Å². The highest BCUT2D eigenvalue weighted by atomic mass is 32.2. The van der Waals surface area contributed by atoms with E-state index in [1.54, 1.807) is 6.92 Å². The van der Waals surface area contributed by atoms with Gasteiger partial charge in [0.15, 0.2) is 0 Å². The van der Waals surface area contributed by atoms with E-state index >= 15 is 0 Å². The summed E-state index contributed by atoms with van der Waals surface area (Å²) in [7, 11) is -3.96. The van der Waals surface area contributed by atoms with E-state index in [1.807, 2.05) is 44.2 Å². The maximum Gasteiger partial charge on any atom is 0.244 e. The van der Waals surface area contributed by atoms with Crippen LogP contribution >= 0.6 is 0 Å². The zero-order chi connectivity index (χ0) is 24.6. The van der Waals surface area contributed by atoms with Gasteiger partial charge in [0, 0.05) is 12.6 Å². The van der Waals surface area contributed by atoms with Crippen LogP contribution in [0.15, 0.2) is 54.6 Å². The maximum atomic E-state index is 14.4. The summed E-state index contributed by atoms with van der Waals surface area (Å²) in [6, 6.07) is 13.9. The molecule has 0 bridgehead atoms. The van der Waals surface area contributed by atoms with Crippen molar-refractivity contribution < 1.29 is 22.4 Å². The summed E-state index contributed by atoms with van der Waals surface area (Å²) < 4.78 is 39.9. The number of anilines is 1. The summed E-state index contributed by atoms with van der Waals surface area (Å²) in [6.07, 6.45) is 2.12. The van der Waals surface area contributed by atoms with Crippen LogP contribution in [0.1, 0.15) is 32.8 Å². The minimum atomic E-state index is -3.96. The Morgan fingerprint density at radius 2 is 1.64 bits per heavy atom. The quantitative estimate of drug-likeness (QED) is 0.539. The molecule has 0 radical (unpaired) electrons. The molecule has 2 amide bonds. The van der Waals surface area contributed by atoms with E-state index in [2.05, 4.69) is 5.32 Å². The molecular formula is C24H32FN3O4S. The average molecular weight is 478 g/mol. The Morgan fingerprint density at radius 3 is 2.21 bits per heavy atom. The molecule has 0 aliphatic heterocycles. The van der Waals surface area contributed by atoms with Crippen LogP contribution in [0.2, 0.25) is 0 Å². The molecule has 1 N–H and O–H groups in total. The van der Waals surface area contributed by atoms with Crippen LogP contribution in [0, 0.1) is 5.82 Å². The van der Waals surface area contributed by atoms with Crippen molar-refractivity contribution in [1.29, 1.82) is 0 Å². The summed E-state index contributed by atoms with van der Waals surface area (Å²) in [5.41, 5.74) is 0.756. The first-order chi connectivity index (χ1) is 15.5. The van der Waals surface area contributed by atoms with Gasteiger partial charge in [-0.2, -0.15) is 0 Å². The van der Waals surface area contributed by atoms with Crippen molar-refractivity contribution in [2.45, 2.75) is 45.7 Å². The van der Waals surface area contributed by atoms with Crippen molar-refractivity contribution in [3.05, 3.63) is 66.0 Å². The van der Waals surface area contributed by atoms with E-state index < -0.39 is 34.3 Å². The first-order valence-electron chi connectivity index (χ1n) is 10.9. The molecule has 7 nitrogen and oxygen atoms in total. The molecule has 0 aromatic heterocycles. The number of sulfonamides is 1. The van der Waals surface area contributed by atoms with Crippen molar-refractivity contribution in [3.8, 4) is 0 Å². The Kier molecular flexibility index (Phi) is 9.40. The number of hydrogen-bond acceptors (Lipinski definition) is 4. The number of rotatable bonds is 11. The number of amides is 2. The second kappa shape index (κ2) is 11.8. The predicted molar refractivity (Wildman–Crippen MR) is 128 cm³/mol. The third kappa shape index (κ3) is 7.56. The van der Waals surface area contributed by atoms with Gasteiger partial charge >= 0.3 is 0 Å². The molecule has 2 atom stereocenters. The first kappa shape index (κ1) is 26.3. The lowest BCUT2D eigenvalue weighted by Crippen LogP contribution is -2.53. The minimum Gasteiger partial charge on any atom is -0.352 e. The standard InChI is InChI=1S/C24H32FN3O4S/c1-5-18(2)26-24(30)19(3)27(16-15-20-11-7-6-8-12-20)23(29)17-28(33(4,31)32)22-14-10-9-13-21(22)25/h6-14,18-19H,5,15-17H2,1-4H3,(H,26,30). The number of para-hydroxylation sites is 1. The van der Waals surface area contributed by atoms with E-state index in [0.717, 1.165) is 28.6 Å². The highest BCUT2D eigenvalue weighted by Gasteiger charge is 2.30. The third-order valence-electron chi connectivity index (χ3n) is 5.45. The number of nitrogens with zero attached hydrogens (tertiary/aromatic N) is 2. The van der Waals surface area contributed by atoms with Crippen LogP contribution in [0.5, 0.6) is 0 Å². The lowest BCUT2D eigenvalue weighted by atomic mass is 10.1. The van der Waals surface area contributed by atoms with Crippen LogP contribution in [-0.2, 0) is 26.0 Å². The molecule has 0 heterocycles. The van der Waals surface area contributed by atoms with Gasteiger partial charge in [-0.05, 0) is 44.4 Å². The Labute approximate surface area is 195 Å². The fraction of sp³-hybridized carbons (Fsp3) is 0.417.